The van der Waals surface area contributed by atoms with Crippen LogP contribution in [0.15, 0.2) is 57.8 Å². The van der Waals surface area contributed by atoms with E-state index in [1.54, 1.807) is 30.6 Å². The third kappa shape index (κ3) is 4.48. The van der Waals surface area contributed by atoms with Gasteiger partial charge < -0.3 is 30.6 Å². The van der Waals surface area contributed by atoms with Crippen molar-refractivity contribution in [2.75, 3.05) is 0 Å². The predicted octanol–water partition coefficient (Wildman–Crippen LogP) is 0.0360. The average Bonchev–Trinajstić information content (AvgIpc) is 3.56. The Morgan fingerprint density at radius 2 is 1.06 bits per heavy atom. The van der Waals surface area contributed by atoms with Crippen LogP contribution < -0.4 is 0 Å². The average molecular weight is 626 g/mol. The molecule has 0 aliphatic heterocycles. The Balaban J connectivity index is 1.41. The van der Waals surface area contributed by atoms with Crippen LogP contribution in [0.25, 0.3) is 22.5 Å². The topological polar surface area (TPSA) is 183 Å². The van der Waals surface area contributed by atoms with Gasteiger partial charge in [-0.3, -0.25) is 0 Å². The number of aromatic nitrogens is 6. The molecule has 2 aliphatic rings. The van der Waals surface area contributed by atoms with E-state index in [9.17, 15) is 30.6 Å². The zero-order valence-corrected chi connectivity index (χ0v) is 21.5. The summed E-state index contributed by atoms with van der Waals surface area (Å²) in [5.74, 6) is 0. The zero-order valence-electron chi connectivity index (χ0n) is 18.4. The van der Waals surface area contributed by atoms with Crippen molar-refractivity contribution in [1.29, 1.82) is 0 Å². The summed E-state index contributed by atoms with van der Waals surface area (Å²) in [6, 6.07) is 5.82. The molecule has 0 unspecified atom stereocenters. The van der Waals surface area contributed by atoms with Gasteiger partial charge in [-0.25, -0.2) is 9.36 Å². The maximum atomic E-state index is 10.4. The molecule has 1 aromatic carbocycles. The summed E-state index contributed by atoms with van der Waals surface area (Å²) in [5.41, 5.74) is 2.43. The first-order valence-corrected chi connectivity index (χ1v) is 12.5. The monoisotopic (exact) mass is 624 g/mol. The third-order valence-electron chi connectivity index (χ3n) is 6.36. The molecule has 0 radical (unpaired) electrons. The second kappa shape index (κ2) is 9.87. The molecule has 12 nitrogen and oxygen atoms in total. The lowest BCUT2D eigenvalue weighted by atomic mass is 9.94. The summed E-state index contributed by atoms with van der Waals surface area (Å²) in [7, 11) is 0. The van der Waals surface area contributed by atoms with Crippen LogP contribution in [0, 0.1) is 0 Å². The first-order valence-electron chi connectivity index (χ1n) is 10.9. The van der Waals surface area contributed by atoms with Gasteiger partial charge in [0.25, 0.3) is 0 Å². The highest BCUT2D eigenvalue weighted by molar-refractivity contribution is 9.12. The van der Waals surface area contributed by atoms with Crippen LogP contribution in [0.2, 0.25) is 0 Å². The smallest absolute Gasteiger partial charge is 0.114 e. The fourth-order valence-electron chi connectivity index (χ4n) is 4.24. The van der Waals surface area contributed by atoms with E-state index in [-0.39, 0.29) is 0 Å². The van der Waals surface area contributed by atoms with Crippen molar-refractivity contribution >= 4 is 31.9 Å². The van der Waals surface area contributed by atoms with Gasteiger partial charge in [0.05, 0.1) is 12.4 Å². The lowest BCUT2D eigenvalue weighted by Gasteiger charge is -2.32. The van der Waals surface area contributed by atoms with Gasteiger partial charge in [0, 0.05) is 20.1 Å². The molecular weight excluding hydrogens is 604 g/mol. The van der Waals surface area contributed by atoms with Crippen LogP contribution in [0.1, 0.15) is 12.1 Å². The van der Waals surface area contributed by atoms with E-state index >= 15 is 0 Å². The number of nitrogens with zero attached hydrogens (tertiary/aromatic N) is 6. The van der Waals surface area contributed by atoms with E-state index in [1.807, 2.05) is 18.2 Å². The number of aliphatic hydroxyl groups excluding tert-OH is 6. The lowest BCUT2D eigenvalue weighted by molar-refractivity contribution is -0.0654. The SMILES string of the molecule is O[C@H]1[C@H](O)[C@H](n2cc(-c3cccc(-c4cn([C@@H]5C=C(Br)[C@@H](O)[C@@H](O)[C@@H]5O)nn4)c3)nn2)C=C(Br)[C@H]1O. The normalized spacial score (nSPS) is 32.8. The van der Waals surface area contributed by atoms with Gasteiger partial charge in [0.1, 0.15) is 60.1 Å². The maximum absolute atomic E-state index is 10.4. The first-order chi connectivity index (χ1) is 17.2. The molecule has 5 rings (SSSR count). The molecule has 3 aromatic rings. The second-order valence-electron chi connectivity index (χ2n) is 8.68. The molecule has 8 atom stereocenters. The highest BCUT2D eigenvalue weighted by atomic mass is 79.9. The predicted molar refractivity (Wildman–Crippen MR) is 133 cm³/mol. The Morgan fingerprint density at radius 1 is 0.639 bits per heavy atom. The molecule has 2 aromatic heterocycles. The van der Waals surface area contributed by atoms with Gasteiger partial charge in [0.15, 0.2) is 0 Å². The Bertz CT molecular complexity index is 1230. The first kappa shape index (κ1) is 25.4. The molecule has 0 saturated carbocycles. The van der Waals surface area contributed by atoms with E-state index in [4.69, 9.17) is 0 Å². The number of rotatable bonds is 4. The van der Waals surface area contributed by atoms with Gasteiger partial charge in [-0.05, 0) is 18.2 Å². The van der Waals surface area contributed by atoms with Gasteiger partial charge in [-0.2, -0.15) is 0 Å². The molecule has 0 amide bonds. The van der Waals surface area contributed by atoms with E-state index < -0.39 is 48.7 Å². The molecule has 0 bridgehead atoms. The molecule has 14 heteroatoms. The standard InChI is InChI=1S/C22H22Br2N6O6/c23-11-5-15(19(33)21(35)17(11)31)29-7-13(25-27-29)9-2-1-3-10(4-9)14-8-30(28-26-14)16-6-12(24)18(32)22(36)20(16)34/h1-8,15-22,31-36H/t15-,16-,17-,18-,19-,20-,21-,22-/m1/s1. The highest BCUT2D eigenvalue weighted by Crippen LogP contribution is 2.33. The molecular formula is C22H22Br2N6O6. The largest absolute Gasteiger partial charge is 0.388 e. The highest BCUT2D eigenvalue weighted by Gasteiger charge is 2.39. The van der Waals surface area contributed by atoms with Gasteiger partial charge in [0.2, 0.25) is 0 Å². The summed E-state index contributed by atoms with van der Waals surface area (Å²) in [4.78, 5) is 0. The number of hydrogen-bond acceptors (Lipinski definition) is 10. The Hall–Kier alpha value is -2.30. The molecule has 0 spiro atoms. The second-order valence-corrected chi connectivity index (χ2v) is 10.5. The zero-order chi connectivity index (χ0) is 25.7. The fraction of sp³-hybridized carbons (Fsp3) is 0.364. The van der Waals surface area contributed by atoms with E-state index in [2.05, 4.69) is 52.5 Å². The number of benzene rings is 1. The maximum Gasteiger partial charge on any atom is 0.114 e. The van der Waals surface area contributed by atoms with Crippen LogP contribution in [0.4, 0.5) is 0 Å². The molecule has 0 saturated heterocycles. The summed E-state index contributed by atoms with van der Waals surface area (Å²) < 4.78 is 3.51. The molecule has 0 fully saturated rings. The van der Waals surface area contributed by atoms with Gasteiger partial charge in [-0.1, -0.05) is 60.5 Å². The molecule has 2 aliphatic carbocycles. The molecule has 190 valence electrons. The molecule has 36 heavy (non-hydrogen) atoms. The summed E-state index contributed by atoms with van der Waals surface area (Å²) in [6.07, 6.45) is -1.37. The van der Waals surface area contributed by atoms with Crippen LogP contribution in [0.3, 0.4) is 0 Å². The quantitative estimate of drug-likeness (QED) is 0.231. The van der Waals surface area contributed by atoms with Gasteiger partial charge in [-0.15, -0.1) is 10.2 Å². The van der Waals surface area contributed by atoms with Crippen molar-refractivity contribution in [2.45, 2.75) is 48.7 Å². The minimum atomic E-state index is -1.38. The molecule has 6 N–H and O–H groups in total. The van der Waals surface area contributed by atoms with E-state index in [0.29, 0.717) is 31.5 Å². The van der Waals surface area contributed by atoms with Crippen LogP contribution in [-0.4, -0.2) is 97.3 Å². The van der Waals surface area contributed by atoms with Crippen molar-refractivity contribution in [3.8, 4) is 22.5 Å². The Labute approximate surface area is 221 Å². The summed E-state index contributed by atoms with van der Waals surface area (Å²) in [5, 5.41) is 77.4. The Kier molecular flexibility index (Phi) is 6.95. The van der Waals surface area contributed by atoms with E-state index in [1.165, 1.54) is 9.36 Å². The summed E-state index contributed by atoms with van der Waals surface area (Å²) >= 11 is 6.41. The van der Waals surface area contributed by atoms with Crippen LogP contribution in [0.5, 0.6) is 0 Å². The van der Waals surface area contributed by atoms with Crippen LogP contribution >= 0.6 is 31.9 Å². The van der Waals surface area contributed by atoms with Crippen molar-refractivity contribution in [3.63, 3.8) is 0 Å². The van der Waals surface area contributed by atoms with Gasteiger partial charge >= 0.3 is 0 Å². The van der Waals surface area contributed by atoms with E-state index in [0.717, 1.165) is 0 Å². The van der Waals surface area contributed by atoms with Crippen molar-refractivity contribution in [1.82, 2.24) is 30.0 Å². The summed E-state index contributed by atoms with van der Waals surface area (Å²) in [6.45, 7) is 0. The van der Waals surface area contributed by atoms with Crippen molar-refractivity contribution < 1.29 is 30.6 Å². The number of halogens is 2. The fourth-order valence-corrected chi connectivity index (χ4v) is 5.32. The minimum Gasteiger partial charge on any atom is -0.388 e. The third-order valence-corrected chi connectivity index (χ3v) is 7.82. The Morgan fingerprint density at radius 3 is 1.47 bits per heavy atom. The van der Waals surface area contributed by atoms with Crippen LogP contribution in [-0.2, 0) is 0 Å². The lowest BCUT2D eigenvalue weighted by Crippen LogP contribution is -2.45. The number of aliphatic hydroxyl groups is 6. The number of hydrogen-bond donors (Lipinski definition) is 6. The molecule has 2 heterocycles. The van der Waals surface area contributed by atoms with Crippen molar-refractivity contribution in [3.05, 3.63) is 57.8 Å². The minimum absolute atomic E-state index is 0.347. The van der Waals surface area contributed by atoms with Crippen molar-refractivity contribution in [2.24, 2.45) is 0 Å².